The van der Waals surface area contributed by atoms with E-state index >= 15 is 0 Å². The second-order valence-corrected chi connectivity index (χ2v) is 14.4. The summed E-state index contributed by atoms with van der Waals surface area (Å²) in [5, 5.41) is 22.2. The van der Waals surface area contributed by atoms with Crippen LogP contribution in [-0.2, 0) is 37.1 Å². The summed E-state index contributed by atoms with van der Waals surface area (Å²) in [6.07, 6.45) is -7.23. The fourth-order valence-electron chi connectivity index (χ4n) is 5.53. The molecule has 248 valence electrons. The Labute approximate surface area is 258 Å². The highest BCUT2D eigenvalue weighted by atomic mass is 31.2. The van der Waals surface area contributed by atoms with Crippen LogP contribution in [-0.4, -0.2) is 117 Å². The van der Waals surface area contributed by atoms with Crippen molar-refractivity contribution in [2.75, 3.05) is 37.4 Å². The van der Waals surface area contributed by atoms with Crippen LogP contribution in [0, 0.1) is 0 Å². The molecular formula is C23H29N9O12P2. The van der Waals surface area contributed by atoms with Gasteiger partial charge in [0.15, 0.2) is 29.6 Å². The minimum absolute atomic E-state index is 0.0715. The zero-order chi connectivity index (χ0) is 32.4. The predicted octanol–water partition coefficient (Wildman–Crippen LogP) is -0.945. The van der Waals surface area contributed by atoms with Crippen LogP contribution in [0.25, 0.3) is 22.3 Å². The fourth-order valence-corrected chi connectivity index (χ4v) is 7.16. The molecule has 0 aliphatic carbocycles. The highest BCUT2D eigenvalue weighted by Gasteiger charge is 2.50. The topological polar surface area (TPSA) is 297 Å². The van der Waals surface area contributed by atoms with E-state index in [2.05, 4.69) is 24.9 Å². The summed E-state index contributed by atoms with van der Waals surface area (Å²) in [6.45, 7) is -1.25. The highest BCUT2D eigenvalue weighted by Crippen LogP contribution is 2.48. The molecule has 0 radical (unpaired) electrons. The molecule has 46 heavy (non-hydrogen) atoms. The fraction of sp³-hybridized carbons (Fsp3) is 0.522. The van der Waals surface area contributed by atoms with Gasteiger partial charge in [-0.1, -0.05) is 0 Å². The molecule has 3 fully saturated rings. The third kappa shape index (κ3) is 5.68. The van der Waals surface area contributed by atoms with Gasteiger partial charge in [0.1, 0.15) is 66.7 Å². The van der Waals surface area contributed by atoms with Crippen LogP contribution in [0.2, 0.25) is 0 Å². The Bertz CT molecular complexity index is 1730. The van der Waals surface area contributed by atoms with Crippen molar-refractivity contribution >= 4 is 49.0 Å². The number of nitrogens with two attached hydrogens (primary N) is 2. The van der Waals surface area contributed by atoms with Gasteiger partial charge in [-0.25, -0.2) is 24.9 Å². The van der Waals surface area contributed by atoms with Crippen molar-refractivity contribution in [3.05, 3.63) is 31.2 Å². The number of fused-ring (bicyclic) bond motifs is 6. The van der Waals surface area contributed by atoms with E-state index in [4.69, 9.17) is 39.5 Å². The van der Waals surface area contributed by atoms with Gasteiger partial charge >= 0.3 is 15.2 Å². The number of aliphatic hydroxyl groups is 2. The van der Waals surface area contributed by atoms with Crippen molar-refractivity contribution in [3.8, 4) is 0 Å². The minimum atomic E-state index is -4.56. The summed E-state index contributed by atoms with van der Waals surface area (Å²) in [5.41, 5.74) is 13.2. The zero-order valence-corrected chi connectivity index (χ0v) is 25.4. The molecule has 4 bridgehead atoms. The molecule has 3 saturated heterocycles. The molecule has 7 rings (SSSR count). The number of nitrogens with zero attached hydrogens (tertiary/aromatic N) is 7. The molecule has 0 amide bonds. The quantitative estimate of drug-likeness (QED) is 0.139. The number of nitrogen functional groups attached to an aromatic ring is 2. The van der Waals surface area contributed by atoms with E-state index in [1.165, 1.54) is 34.3 Å². The molecule has 4 aromatic rings. The molecule has 3 aliphatic rings. The second kappa shape index (κ2) is 11.8. The smallest absolute Gasteiger partial charge is 0.353 e. The van der Waals surface area contributed by atoms with Gasteiger partial charge in [-0.15, -0.1) is 0 Å². The zero-order valence-electron chi connectivity index (χ0n) is 23.6. The summed E-state index contributed by atoms with van der Waals surface area (Å²) >= 11 is 0. The lowest BCUT2D eigenvalue weighted by molar-refractivity contribution is -0.0711. The number of ether oxygens (including phenoxy) is 4. The maximum Gasteiger partial charge on any atom is 0.353 e. The first-order chi connectivity index (χ1) is 21.9. The molecule has 23 heteroatoms. The summed E-state index contributed by atoms with van der Waals surface area (Å²) in [7, 11) is -9.12. The number of pyridine rings is 1. The van der Waals surface area contributed by atoms with E-state index < -0.39 is 90.2 Å². The Hall–Kier alpha value is -3.17. The Morgan fingerprint density at radius 1 is 0.761 bits per heavy atom. The Balaban J connectivity index is 1.18. The Morgan fingerprint density at radius 3 is 1.85 bits per heavy atom. The molecule has 0 spiro atoms. The molecule has 8 N–H and O–H groups in total. The van der Waals surface area contributed by atoms with Crippen LogP contribution in [0.5, 0.6) is 0 Å². The molecule has 4 aromatic heterocycles. The predicted molar refractivity (Wildman–Crippen MR) is 153 cm³/mol. The monoisotopic (exact) mass is 685 g/mol. The lowest BCUT2D eigenvalue weighted by Crippen LogP contribution is -2.37. The molecule has 4 unspecified atom stereocenters. The van der Waals surface area contributed by atoms with Gasteiger partial charge in [0.05, 0.1) is 31.6 Å². The van der Waals surface area contributed by atoms with Crippen LogP contribution in [0.3, 0.4) is 0 Å². The lowest BCUT2D eigenvalue weighted by atomic mass is 10.1. The van der Waals surface area contributed by atoms with Gasteiger partial charge in [-0.2, -0.15) is 0 Å². The third-order valence-electron chi connectivity index (χ3n) is 7.79. The van der Waals surface area contributed by atoms with Gasteiger partial charge in [0.25, 0.3) is 0 Å². The first-order valence-corrected chi connectivity index (χ1v) is 17.3. The molecular weight excluding hydrogens is 656 g/mol. The standard InChI is InChI=1S/C23H29N9O12P2/c24-10-1-2-26-20-13(10)29-6-31(20)22-17-15(33)11(43-22)3-41-46(37,38)9-40-18-16(34)12(4-42-45(35,36)8-39-17)44-23(18)32-7-30-14-19(25)27-5-28-21(14)32/h1-2,5-7,11-12,15-18,22-23,33-34H,3-4,8-9H2,(H2,24,26)(H,35,36)(H,37,38)(H2,25,27,28)/t11-,12-,15?,16?,17+,18+,22-,23-/m1/s1. The number of anilines is 2. The van der Waals surface area contributed by atoms with Crippen molar-refractivity contribution < 1.29 is 57.1 Å². The van der Waals surface area contributed by atoms with Crippen molar-refractivity contribution in [3.63, 3.8) is 0 Å². The summed E-state index contributed by atoms with van der Waals surface area (Å²) in [6, 6.07) is 1.54. The largest absolute Gasteiger partial charge is 0.397 e. The van der Waals surface area contributed by atoms with E-state index in [1.807, 2.05) is 0 Å². The van der Waals surface area contributed by atoms with Gasteiger partial charge in [0.2, 0.25) is 0 Å². The molecule has 3 aliphatic heterocycles. The van der Waals surface area contributed by atoms with Crippen LogP contribution >= 0.6 is 15.2 Å². The Kier molecular flexibility index (Phi) is 8.07. The molecule has 7 heterocycles. The number of rotatable bonds is 2. The molecule has 21 nitrogen and oxygen atoms in total. The van der Waals surface area contributed by atoms with Crippen molar-refractivity contribution in [1.82, 2.24) is 34.1 Å². The number of hydrogen-bond donors (Lipinski definition) is 6. The summed E-state index contributed by atoms with van der Waals surface area (Å²) in [4.78, 5) is 42.0. The van der Waals surface area contributed by atoms with E-state index in [9.17, 15) is 29.1 Å². The summed E-state index contributed by atoms with van der Waals surface area (Å²) in [5.74, 6) is 0.0715. The number of imidazole rings is 2. The van der Waals surface area contributed by atoms with Crippen molar-refractivity contribution in [2.24, 2.45) is 0 Å². The van der Waals surface area contributed by atoms with E-state index in [-0.39, 0.29) is 22.6 Å². The van der Waals surface area contributed by atoms with Crippen LogP contribution < -0.4 is 11.5 Å². The first-order valence-electron chi connectivity index (χ1n) is 13.8. The number of aromatic nitrogens is 7. The average Bonchev–Trinajstić information content (AvgIpc) is 3.77. The highest BCUT2D eigenvalue weighted by molar-refractivity contribution is 7.52. The van der Waals surface area contributed by atoms with Gasteiger partial charge in [-0.3, -0.25) is 18.3 Å². The number of hydrogen-bond acceptors (Lipinski definition) is 17. The molecule has 0 aromatic carbocycles. The maximum absolute atomic E-state index is 13.1. The average molecular weight is 685 g/mol. The lowest BCUT2D eigenvalue weighted by Gasteiger charge is -2.25. The SMILES string of the molecule is Nc1ccnc2c1ncn2[C@@H]1O[C@@H]2COP(=O)(O)CO[C@H]3C(O)[C@@H](COP(=O)(O)CO[C@H]1C2O)O[C@H]3n1cnc2c(N)ncnc21. The van der Waals surface area contributed by atoms with Crippen molar-refractivity contribution in [1.29, 1.82) is 0 Å². The van der Waals surface area contributed by atoms with Gasteiger partial charge in [0, 0.05) is 6.20 Å². The van der Waals surface area contributed by atoms with E-state index in [0.29, 0.717) is 11.2 Å². The van der Waals surface area contributed by atoms with E-state index in [1.54, 1.807) is 6.07 Å². The summed E-state index contributed by atoms with van der Waals surface area (Å²) < 4.78 is 62.8. The first kappa shape index (κ1) is 31.4. The van der Waals surface area contributed by atoms with Gasteiger partial charge in [-0.05, 0) is 6.07 Å². The van der Waals surface area contributed by atoms with Crippen LogP contribution in [0.1, 0.15) is 12.5 Å². The maximum atomic E-state index is 13.1. The second-order valence-electron chi connectivity index (χ2n) is 10.8. The minimum Gasteiger partial charge on any atom is -0.397 e. The van der Waals surface area contributed by atoms with Crippen LogP contribution in [0.15, 0.2) is 31.2 Å². The normalized spacial score (nSPS) is 37.7. The Morgan fingerprint density at radius 2 is 1.28 bits per heavy atom. The van der Waals surface area contributed by atoms with Gasteiger partial charge < -0.3 is 59.5 Å². The van der Waals surface area contributed by atoms with E-state index in [0.717, 1.165) is 0 Å². The molecule has 10 atom stereocenters. The van der Waals surface area contributed by atoms with Crippen molar-refractivity contribution in [2.45, 2.75) is 49.1 Å². The van der Waals surface area contributed by atoms with Crippen LogP contribution in [0.4, 0.5) is 11.5 Å². The molecule has 0 saturated carbocycles. The third-order valence-corrected chi connectivity index (χ3v) is 9.85. The number of aliphatic hydroxyl groups excluding tert-OH is 2.